The van der Waals surface area contributed by atoms with E-state index in [1.54, 1.807) is 18.6 Å². The summed E-state index contributed by atoms with van der Waals surface area (Å²) < 4.78 is 3.80. The maximum atomic E-state index is 5.40. The van der Waals surface area contributed by atoms with E-state index in [1.165, 1.54) is 0 Å². The summed E-state index contributed by atoms with van der Waals surface area (Å²) in [7, 11) is 1.94. The Morgan fingerprint density at radius 1 is 1.26 bits per heavy atom. The molecule has 0 atom stereocenters. The van der Waals surface area contributed by atoms with Crippen molar-refractivity contribution in [1.82, 2.24) is 23.9 Å². The van der Waals surface area contributed by atoms with E-state index < -0.39 is 0 Å². The summed E-state index contributed by atoms with van der Waals surface area (Å²) >= 11 is 0. The first kappa shape index (κ1) is 11.5. The molecule has 0 amide bonds. The van der Waals surface area contributed by atoms with Crippen molar-refractivity contribution < 1.29 is 0 Å². The number of hydrogen-bond acceptors (Lipinski definition) is 6. The van der Waals surface area contributed by atoms with Crippen LogP contribution in [0.15, 0.2) is 31.0 Å². The molecular weight excluding hydrogens is 244 g/mol. The van der Waals surface area contributed by atoms with Gasteiger partial charge in [-0.15, -0.1) is 0 Å². The molecule has 0 aliphatic heterocycles. The topological polar surface area (TPSA) is 98.1 Å². The standard InChI is InChI=1S/C11H14N8/c1-18-4-2-13-9(18)6-15-10-11-14-3-5-19(11)7-8(16-10)17-12/h2-5,7,17H,6,12H2,1H3,(H,15,16). The molecule has 3 aromatic rings. The van der Waals surface area contributed by atoms with Crippen LogP contribution in [-0.2, 0) is 13.6 Å². The van der Waals surface area contributed by atoms with Crippen molar-refractivity contribution in [1.29, 1.82) is 0 Å². The number of nitrogens with zero attached hydrogens (tertiary/aromatic N) is 5. The maximum Gasteiger partial charge on any atom is 0.180 e. The molecule has 3 heterocycles. The number of nitrogens with two attached hydrogens (primary N) is 1. The summed E-state index contributed by atoms with van der Waals surface area (Å²) in [5, 5.41) is 3.22. The lowest BCUT2D eigenvalue weighted by Gasteiger charge is -2.09. The summed E-state index contributed by atoms with van der Waals surface area (Å²) in [5.74, 6) is 7.54. The highest BCUT2D eigenvalue weighted by molar-refractivity contribution is 5.65. The molecule has 3 aromatic heterocycles. The molecule has 8 heteroatoms. The van der Waals surface area contributed by atoms with Crippen molar-refractivity contribution >= 4 is 17.3 Å². The Kier molecular flexibility index (Phi) is 2.76. The SMILES string of the molecule is Cn1ccnc1CNc1nc(NN)cn2ccnc12. The van der Waals surface area contributed by atoms with Gasteiger partial charge in [0.2, 0.25) is 0 Å². The monoisotopic (exact) mass is 258 g/mol. The van der Waals surface area contributed by atoms with E-state index >= 15 is 0 Å². The number of aromatic nitrogens is 5. The molecule has 0 bridgehead atoms. The number of hydrazine groups is 1. The maximum absolute atomic E-state index is 5.40. The van der Waals surface area contributed by atoms with Crippen molar-refractivity contribution in [2.24, 2.45) is 12.9 Å². The van der Waals surface area contributed by atoms with Gasteiger partial charge in [0.05, 0.1) is 12.7 Å². The van der Waals surface area contributed by atoms with Gasteiger partial charge in [-0.3, -0.25) is 0 Å². The van der Waals surface area contributed by atoms with Crippen LogP contribution in [0.1, 0.15) is 5.82 Å². The van der Waals surface area contributed by atoms with E-state index in [-0.39, 0.29) is 0 Å². The number of hydrogen-bond donors (Lipinski definition) is 3. The van der Waals surface area contributed by atoms with Gasteiger partial charge in [0, 0.05) is 31.8 Å². The average molecular weight is 258 g/mol. The Morgan fingerprint density at radius 3 is 2.84 bits per heavy atom. The Hall–Kier alpha value is -2.61. The van der Waals surface area contributed by atoms with Gasteiger partial charge in [-0.1, -0.05) is 0 Å². The number of rotatable bonds is 4. The van der Waals surface area contributed by atoms with Crippen molar-refractivity contribution in [2.75, 3.05) is 10.7 Å². The third-order valence-corrected chi connectivity index (χ3v) is 2.86. The van der Waals surface area contributed by atoms with Gasteiger partial charge in [-0.05, 0) is 0 Å². The minimum absolute atomic E-state index is 0.563. The van der Waals surface area contributed by atoms with Crippen LogP contribution in [0.4, 0.5) is 11.6 Å². The summed E-state index contributed by atoms with van der Waals surface area (Å²) in [4.78, 5) is 12.9. The zero-order chi connectivity index (χ0) is 13.2. The molecule has 0 unspecified atom stereocenters. The highest BCUT2D eigenvalue weighted by Gasteiger charge is 2.07. The van der Waals surface area contributed by atoms with Gasteiger partial charge < -0.3 is 19.7 Å². The van der Waals surface area contributed by atoms with Gasteiger partial charge >= 0.3 is 0 Å². The lowest BCUT2D eigenvalue weighted by molar-refractivity contribution is 0.810. The van der Waals surface area contributed by atoms with Crippen LogP contribution in [0.25, 0.3) is 5.65 Å². The van der Waals surface area contributed by atoms with Crippen molar-refractivity contribution in [2.45, 2.75) is 6.54 Å². The fourth-order valence-corrected chi connectivity index (χ4v) is 1.85. The molecule has 8 nitrogen and oxygen atoms in total. The van der Waals surface area contributed by atoms with E-state index in [0.717, 1.165) is 11.5 Å². The van der Waals surface area contributed by atoms with E-state index in [4.69, 9.17) is 5.84 Å². The first-order chi connectivity index (χ1) is 9.28. The van der Waals surface area contributed by atoms with Gasteiger partial charge in [0.25, 0.3) is 0 Å². The highest BCUT2D eigenvalue weighted by atomic mass is 15.3. The van der Waals surface area contributed by atoms with Crippen molar-refractivity contribution in [3.8, 4) is 0 Å². The number of aryl methyl sites for hydroxylation is 1. The highest BCUT2D eigenvalue weighted by Crippen LogP contribution is 2.16. The lowest BCUT2D eigenvalue weighted by Crippen LogP contribution is -2.13. The predicted molar refractivity (Wildman–Crippen MR) is 71.3 cm³/mol. The number of fused-ring (bicyclic) bond motifs is 1. The van der Waals surface area contributed by atoms with E-state index in [2.05, 4.69) is 25.7 Å². The molecule has 3 rings (SSSR count). The fraction of sp³-hybridized carbons (Fsp3) is 0.182. The Bertz CT molecular complexity index is 698. The molecule has 0 aliphatic carbocycles. The normalized spacial score (nSPS) is 10.8. The Labute approximate surface area is 109 Å². The van der Waals surface area contributed by atoms with Gasteiger partial charge in [0.15, 0.2) is 17.3 Å². The first-order valence-electron chi connectivity index (χ1n) is 5.78. The zero-order valence-electron chi connectivity index (χ0n) is 10.4. The van der Waals surface area contributed by atoms with E-state index in [9.17, 15) is 0 Å². The van der Waals surface area contributed by atoms with Crippen LogP contribution in [0.5, 0.6) is 0 Å². The molecule has 0 radical (unpaired) electrons. The molecule has 19 heavy (non-hydrogen) atoms. The predicted octanol–water partition coefficient (Wildman–Crippen LogP) is 0.360. The van der Waals surface area contributed by atoms with Crippen LogP contribution in [0.3, 0.4) is 0 Å². The summed E-state index contributed by atoms with van der Waals surface area (Å²) in [5.41, 5.74) is 3.28. The Balaban J connectivity index is 1.91. The lowest BCUT2D eigenvalue weighted by atomic mass is 10.5. The molecule has 0 aliphatic rings. The van der Waals surface area contributed by atoms with Crippen LogP contribution >= 0.6 is 0 Å². The first-order valence-corrected chi connectivity index (χ1v) is 5.78. The van der Waals surface area contributed by atoms with Crippen molar-refractivity contribution in [3.05, 3.63) is 36.8 Å². The Morgan fingerprint density at radius 2 is 2.11 bits per heavy atom. The van der Waals surface area contributed by atoms with Gasteiger partial charge in [-0.2, -0.15) is 0 Å². The second-order valence-corrected chi connectivity index (χ2v) is 4.09. The molecule has 4 N–H and O–H groups in total. The van der Waals surface area contributed by atoms with Crippen molar-refractivity contribution in [3.63, 3.8) is 0 Å². The zero-order valence-corrected chi connectivity index (χ0v) is 10.4. The smallest absolute Gasteiger partial charge is 0.180 e. The number of nitrogens with one attached hydrogen (secondary N) is 2. The average Bonchev–Trinajstić information content (AvgIpc) is 3.04. The molecule has 0 saturated carbocycles. The summed E-state index contributed by atoms with van der Waals surface area (Å²) in [6.45, 7) is 0.563. The largest absolute Gasteiger partial charge is 0.360 e. The number of anilines is 2. The number of nitrogen functional groups attached to an aromatic ring is 1. The summed E-state index contributed by atoms with van der Waals surface area (Å²) in [6, 6.07) is 0. The van der Waals surface area contributed by atoms with Crippen LogP contribution < -0.4 is 16.6 Å². The van der Waals surface area contributed by atoms with Crippen LogP contribution in [-0.4, -0.2) is 23.9 Å². The molecule has 0 spiro atoms. The third kappa shape index (κ3) is 2.08. The molecule has 0 saturated heterocycles. The minimum atomic E-state index is 0.563. The molecule has 0 fully saturated rings. The van der Waals surface area contributed by atoms with Crippen LogP contribution in [0.2, 0.25) is 0 Å². The molecule has 98 valence electrons. The second-order valence-electron chi connectivity index (χ2n) is 4.09. The van der Waals surface area contributed by atoms with E-state index in [0.29, 0.717) is 18.2 Å². The number of imidazole rings is 2. The van der Waals surface area contributed by atoms with Gasteiger partial charge in [0.1, 0.15) is 5.82 Å². The quantitative estimate of drug-likeness (QED) is 0.462. The molecule has 0 aromatic carbocycles. The molecular formula is C11H14N8. The van der Waals surface area contributed by atoms with Crippen LogP contribution in [0, 0.1) is 0 Å². The van der Waals surface area contributed by atoms with Gasteiger partial charge in [-0.25, -0.2) is 20.8 Å². The fourth-order valence-electron chi connectivity index (χ4n) is 1.85. The minimum Gasteiger partial charge on any atom is -0.360 e. The summed E-state index contributed by atoms with van der Waals surface area (Å²) in [6.07, 6.45) is 8.97. The second kappa shape index (κ2) is 4.58. The third-order valence-electron chi connectivity index (χ3n) is 2.86. The van der Waals surface area contributed by atoms with E-state index in [1.807, 2.05) is 28.4 Å².